The van der Waals surface area contributed by atoms with Crippen molar-refractivity contribution >= 4 is 0 Å². The molecule has 0 bridgehead atoms. The monoisotopic (exact) mass is 217 g/mol. The van der Waals surface area contributed by atoms with E-state index >= 15 is 0 Å². The molecule has 0 aliphatic carbocycles. The van der Waals surface area contributed by atoms with E-state index in [1.165, 1.54) is 0 Å². The van der Waals surface area contributed by atoms with Gasteiger partial charge >= 0.3 is 0 Å². The molecule has 2 rings (SSSR count). The number of imidazole rings is 1. The van der Waals surface area contributed by atoms with Crippen LogP contribution in [0.3, 0.4) is 0 Å². The number of hydrogen-bond acceptors (Lipinski definition) is 3. The van der Waals surface area contributed by atoms with Gasteiger partial charge in [-0.1, -0.05) is 0 Å². The normalized spacial score (nSPS) is 10.7. The number of aryl methyl sites for hydroxylation is 1. The van der Waals surface area contributed by atoms with Gasteiger partial charge in [0.15, 0.2) is 0 Å². The van der Waals surface area contributed by atoms with E-state index in [0.29, 0.717) is 6.42 Å². The highest BCUT2D eigenvalue weighted by atomic mass is 16.3. The van der Waals surface area contributed by atoms with E-state index in [1.807, 2.05) is 30.7 Å². The fourth-order valence-corrected chi connectivity index (χ4v) is 1.93. The van der Waals surface area contributed by atoms with Crippen LogP contribution in [0.2, 0.25) is 0 Å². The van der Waals surface area contributed by atoms with Crippen molar-refractivity contribution in [2.75, 3.05) is 6.61 Å². The highest BCUT2D eigenvalue weighted by molar-refractivity contribution is 5.62. The van der Waals surface area contributed by atoms with Gasteiger partial charge in [-0.25, -0.2) is 4.98 Å². The third kappa shape index (κ3) is 1.84. The molecule has 2 aromatic heterocycles. The molecule has 1 N–H and O–H groups in total. The quantitative estimate of drug-likeness (QED) is 0.843. The molecule has 0 atom stereocenters. The zero-order valence-corrected chi connectivity index (χ0v) is 9.51. The molecular formula is C12H15N3O. The van der Waals surface area contributed by atoms with Crippen molar-refractivity contribution in [3.63, 3.8) is 0 Å². The smallest absolute Gasteiger partial charge is 0.111 e. The average molecular weight is 217 g/mol. The van der Waals surface area contributed by atoms with Gasteiger partial charge in [0.05, 0.1) is 18.0 Å². The summed E-state index contributed by atoms with van der Waals surface area (Å²) in [5.41, 5.74) is 3.18. The van der Waals surface area contributed by atoms with Crippen molar-refractivity contribution in [3.05, 3.63) is 36.0 Å². The van der Waals surface area contributed by atoms with E-state index in [9.17, 15) is 0 Å². The maximum atomic E-state index is 8.95. The largest absolute Gasteiger partial charge is 0.396 e. The van der Waals surface area contributed by atoms with Gasteiger partial charge < -0.3 is 9.67 Å². The molecule has 0 saturated carbocycles. The summed E-state index contributed by atoms with van der Waals surface area (Å²) in [7, 11) is 1.97. The number of hydrogen-bond donors (Lipinski definition) is 1. The molecule has 0 aromatic carbocycles. The average Bonchev–Trinajstić information content (AvgIpc) is 2.56. The zero-order chi connectivity index (χ0) is 11.5. The lowest BCUT2D eigenvalue weighted by Crippen LogP contribution is -2.02. The summed E-state index contributed by atoms with van der Waals surface area (Å²) in [4.78, 5) is 8.46. The number of aromatic nitrogens is 3. The van der Waals surface area contributed by atoms with Gasteiger partial charge in [0, 0.05) is 31.4 Å². The molecule has 0 spiro atoms. The van der Waals surface area contributed by atoms with E-state index in [4.69, 9.17) is 5.11 Å². The predicted molar refractivity (Wildman–Crippen MR) is 62.0 cm³/mol. The third-order valence-corrected chi connectivity index (χ3v) is 2.65. The van der Waals surface area contributed by atoms with Crippen LogP contribution in [-0.2, 0) is 13.5 Å². The Morgan fingerprint density at radius 1 is 1.31 bits per heavy atom. The van der Waals surface area contributed by atoms with Crippen molar-refractivity contribution < 1.29 is 5.11 Å². The molecule has 0 radical (unpaired) electrons. The van der Waals surface area contributed by atoms with E-state index in [0.717, 1.165) is 22.8 Å². The summed E-state index contributed by atoms with van der Waals surface area (Å²) >= 11 is 0. The van der Waals surface area contributed by atoms with Gasteiger partial charge in [0.25, 0.3) is 0 Å². The van der Waals surface area contributed by atoms with Crippen LogP contribution in [0.1, 0.15) is 11.5 Å². The summed E-state index contributed by atoms with van der Waals surface area (Å²) in [5, 5.41) is 8.95. The summed E-state index contributed by atoms with van der Waals surface area (Å²) in [6.45, 7) is 2.11. The summed E-state index contributed by atoms with van der Waals surface area (Å²) in [5.74, 6) is 0.909. The molecule has 2 heterocycles. The Labute approximate surface area is 94.6 Å². The van der Waals surface area contributed by atoms with Crippen molar-refractivity contribution in [2.45, 2.75) is 13.3 Å². The Balaban J connectivity index is 2.49. The van der Waals surface area contributed by atoms with Crippen LogP contribution in [-0.4, -0.2) is 26.2 Å². The minimum absolute atomic E-state index is 0.125. The molecule has 0 aliphatic rings. The summed E-state index contributed by atoms with van der Waals surface area (Å²) in [6, 6.07) is 3.93. The van der Waals surface area contributed by atoms with Crippen LogP contribution in [0.25, 0.3) is 11.3 Å². The van der Waals surface area contributed by atoms with E-state index in [2.05, 4.69) is 9.97 Å². The van der Waals surface area contributed by atoms with Gasteiger partial charge in [-0.05, 0) is 19.1 Å². The zero-order valence-electron chi connectivity index (χ0n) is 9.51. The lowest BCUT2D eigenvalue weighted by atomic mass is 10.1. The Morgan fingerprint density at radius 3 is 2.62 bits per heavy atom. The SMILES string of the molecule is Cc1nc(CCO)n(C)c1-c1ccncc1. The fraction of sp³-hybridized carbons (Fsp3) is 0.333. The second-order valence-corrected chi connectivity index (χ2v) is 3.73. The van der Waals surface area contributed by atoms with Gasteiger partial charge in [0.2, 0.25) is 0 Å². The molecule has 0 amide bonds. The second-order valence-electron chi connectivity index (χ2n) is 3.73. The first-order chi connectivity index (χ1) is 7.74. The number of aliphatic hydroxyl groups is 1. The lowest BCUT2D eigenvalue weighted by molar-refractivity contribution is 0.295. The third-order valence-electron chi connectivity index (χ3n) is 2.65. The first kappa shape index (κ1) is 10.8. The van der Waals surface area contributed by atoms with Gasteiger partial charge in [0.1, 0.15) is 5.82 Å². The molecule has 2 aromatic rings. The standard InChI is InChI=1S/C12H15N3O/c1-9-12(10-3-6-13-7-4-10)15(2)11(14-9)5-8-16/h3-4,6-7,16H,5,8H2,1-2H3. The van der Waals surface area contributed by atoms with Crippen LogP contribution in [0, 0.1) is 6.92 Å². The van der Waals surface area contributed by atoms with E-state index in [-0.39, 0.29) is 6.61 Å². The molecule has 84 valence electrons. The van der Waals surface area contributed by atoms with Crippen LogP contribution in [0.5, 0.6) is 0 Å². The fourth-order valence-electron chi connectivity index (χ4n) is 1.93. The molecule has 4 heteroatoms. The summed E-state index contributed by atoms with van der Waals surface area (Å²) < 4.78 is 2.03. The van der Waals surface area contributed by atoms with Gasteiger partial charge in [-0.3, -0.25) is 4.98 Å². The highest BCUT2D eigenvalue weighted by Gasteiger charge is 2.12. The van der Waals surface area contributed by atoms with Gasteiger partial charge in [-0.2, -0.15) is 0 Å². The Bertz CT molecular complexity index is 477. The molecule has 0 fully saturated rings. The molecule has 0 aliphatic heterocycles. The molecule has 16 heavy (non-hydrogen) atoms. The minimum atomic E-state index is 0.125. The van der Waals surface area contributed by atoms with Crippen molar-refractivity contribution in [1.82, 2.24) is 14.5 Å². The van der Waals surface area contributed by atoms with E-state index in [1.54, 1.807) is 12.4 Å². The number of nitrogens with zero attached hydrogens (tertiary/aromatic N) is 3. The lowest BCUT2D eigenvalue weighted by Gasteiger charge is -2.05. The number of rotatable bonds is 3. The van der Waals surface area contributed by atoms with Crippen molar-refractivity contribution in [1.29, 1.82) is 0 Å². The van der Waals surface area contributed by atoms with Gasteiger partial charge in [-0.15, -0.1) is 0 Å². The highest BCUT2D eigenvalue weighted by Crippen LogP contribution is 2.23. The maximum absolute atomic E-state index is 8.95. The molecular weight excluding hydrogens is 202 g/mol. The minimum Gasteiger partial charge on any atom is -0.396 e. The molecule has 0 unspecified atom stereocenters. The summed E-state index contributed by atoms with van der Waals surface area (Å²) in [6.07, 6.45) is 4.13. The number of aliphatic hydroxyl groups excluding tert-OH is 1. The van der Waals surface area contributed by atoms with Crippen molar-refractivity contribution in [2.24, 2.45) is 7.05 Å². The van der Waals surface area contributed by atoms with Crippen molar-refractivity contribution in [3.8, 4) is 11.3 Å². The first-order valence-electron chi connectivity index (χ1n) is 5.27. The van der Waals surface area contributed by atoms with Crippen LogP contribution < -0.4 is 0 Å². The molecule has 0 saturated heterocycles. The van der Waals surface area contributed by atoms with Crippen LogP contribution >= 0.6 is 0 Å². The van der Waals surface area contributed by atoms with Crippen LogP contribution in [0.4, 0.5) is 0 Å². The Hall–Kier alpha value is -1.68. The Morgan fingerprint density at radius 2 is 2.00 bits per heavy atom. The Kier molecular flexibility index (Phi) is 3.01. The maximum Gasteiger partial charge on any atom is 0.111 e. The first-order valence-corrected chi connectivity index (χ1v) is 5.27. The predicted octanol–water partition coefficient (Wildman–Crippen LogP) is 1.33. The van der Waals surface area contributed by atoms with Crippen LogP contribution in [0.15, 0.2) is 24.5 Å². The molecule has 4 nitrogen and oxygen atoms in total. The number of pyridine rings is 1. The second kappa shape index (κ2) is 4.45. The van der Waals surface area contributed by atoms with E-state index < -0.39 is 0 Å². The topological polar surface area (TPSA) is 50.9 Å².